The summed E-state index contributed by atoms with van der Waals surface area (Å²) < 4.78 is 32.8. The Morgan fingerprint density at radius 2 is 1.90 bits per heavy atom. The van der Waals surface area contributed by atoms with Crippen molar-refractivity contribution in [2.45, 2.75) is 43.2 Å². The number of hydrogen-bond acceptors (Lipinski definition) is 5. The summed E-state index contributed by atoms with van der Waals surface area (Å²) in [6.45, 7) is 2.67. The lowest BCUT2D eigenvalue weighted by Gasteiger charge is -2.25. The van der Waals surface area contributed by atoms with Crippen LogP contribution in [0.4, 0.5) is 5.69 Å². The number of carbonyl (C=O) groups excluding carboxylic acids is 1. The number of nitrogens with two attached hydrogens (primary N) is 1. The smallest absolute Gasteiger partial charge is 0.243 e. The van der Waals surface area contributed by atoms with Gasteiger partial charge < -0.3 is 15.8 Å². The van der Waals surface area contributed by atoms with Gasteiger partial charge in [0.1, 0.15) is 11.8 Å². The molecule has 1 aliphatic rings. The number of nitrogen functional groups attached to an aromatic ring is 1. The fourth-order valence-electron chi connectivity index (χ4n) is 3.35. The molecule has 3 N–H and O–H groups in total. The first-order valence-corrected chi connectivity index (χ1v) is 11.2. The zero-order chi connectivity index (χ0) is 20.9. The number of nitrogens with zero attached hydrogens (tertiary/aromatic N) is 1. The van der Waals surface area contributed by atoms with Crippen LogP contribution in [0.15, 0.2) is 59.5 Å². The van der Waals surface area contributed by atoms with Gasteiger partial charge in [0.25, 0.3) is 0 Å². The first kappa shape index (κ1) is 21.1. The molecule has 1 fully saturated rings. The number of anilines is 1. The molecule has 0 aromatic heterocycles. The Balaban J connectivity index is 1.54. The average molecular weight is 418 g/mol. The van der Waals surface area contributed by atoms with Crippen LogP contribution < -0.4 is 15.8 Å². The summed E-state index contributed by atoms with van der Waals surface area (Å²) in [5.74, 6) is 0.454. The lowest BCUT2D eigenvalue weighted by atomic mass is 10.2. The van der Waals surface area contributed by atoms with E-state index in [9.17, 15) is 13.2 Å². The molecule has 2 aromatic carbocycles. The highest BCUT2D eigenvalue weighted by Gasteiger charge is 2.39. The molecule has 0 bridgehead atoms. The quantitative estimate of drug-likeness (QED) is 0.642. The van der Waals surface area contributed by atoms with E-state index in [0.29, 0.717) is 43.9 Å². The number of amides is 1. The van der Waals surface area contributed by atoms with Crippen molar-refractivity contribution in [2.24, 2.45) is 0 Å². The predicted octanol–water partition coefficient (Wildman–Crippen LogP) is 2.40. The largest absolute Gasteiger partial charge is 0.494 e. The van der Waals surface area contributed by atoms with Gasteiger partial charge in [-0.05, 0) is 56.2 Å². The highest BCUT2D eigenvalue weighted by molar-refractivity contribution is 7.89. The summed E-state index contributed by atoms with van der Waals surface area (Å²) in [6, 6.07) is 14.5. The van der Waals surface area contributed by atoms with E-state index in [1.807, 2.05) is 6.92 Å². The second-order valence-electron chi connectivity index (χ2n) is 7.20. The van der Waals surface area contributed by atoms with E-state index in [1.165, 1.54) is 4.31 Å². The normalized spacial score (nSPS) is 18.3. The molecule has 7 nitrogen and oxygen atoms in total. The van der Waals surface area contributed by atoms with E-state index < -0.39 is 16.1 Å². The van der Waals surface area contributed by atoms with Crippen LogP contribution in [0.1, 0.15) is 26.2 Å². The van der Waals surface area contributed by atoms with E-state index in [4.69, 9.17) is 10.5 Å². The molecule has 0 aliphatic carbocycles. The van der Waals surface area contributed by atoms with Crippen molar-refractivity contribution in [3.8, 4) is 5.75 Å². The van der Waals surface area contributed by atoms with Crippen molar-refractivity contribution in [3.05, 3.63) is 54.6 Å². The maximum absolute atomic E-state index is 12.9. The molecule has 1 amide bonds. The van der Waals surface area contributed by atoms with Crippen molar-refractivity contribution in [1.29, 1.82) is 0 Å². The molecule has 1 saturated heterocycles. The van der Waals surface area contributed by atoms with Gasteiger partial charge in [-0.25, -0.2) is 8.42 Å². The molecule has 8 heteroatoms. The minimum Gasteiger partial charge on any atom is -0.494 e. The molecule has 29 heavy (non-hydrogen) atoms. The van der Waals surface area contributed by atoms with Gasteiger partial charge in [-0.15, -0.1) is 0 Å². The van der Waals surface area contributed by atoms with Crippen LogP contribution in [-0.2, 0) is 14.8 Å². The summed E-state index contributed by atoms with van der Waals surface area (Å²) in [4.78, 5) is 13.0. The van der Waals surface area contributed by atoms with Gasteiger partial charge in [-0.2, -0.15) is 4.31 Å². The Hall–Kier alpha value is -2.58. The van der Waals surface area contributed by atoms with Gasteiger partial charge in [-0.3, -0.25) is 4.79 Å². The Bertz CT molecular complexity index is 917. The molecule has 1 heterocycles. The molecule has 1 aliphatic heterocycles. The number of ether oxygens (including phenoxy) is 1. The number of rotatable bonds is 8. The molecular formula is C21H27N3O4S. The third kappa shape index (κ3) is 5.27. The maximum atomic E-state index is 12.9. The van der Waals surface area contributed by atoms with Crippen molar-refractivity contribution < 1.29 is 17.9 Å². The average Bonchev–Trinajstić information content (AvgIpc) is 3.21. The first-order valence-electron chi connectivity index (χ1n) is 9.73. The fraction of sp³-hybridized carbons (Fsp3) is 0.381. The molecule has 2 atom stereocenters. The van der Waals surface area contributed by atoms with Crippen LogP contribution in [0.3, 0.4) is 0 Å². The molecular weight excluding hydrogens is 390 g/mol. The Kier molecular flexibility index (Phi) is 6.76. The van der Waals surface area contributed by atoms with Crippen LogP contribution >= 0.6 is 0 Å². The van der Waals surface area contributed by atoms with Crippen molar-refractivity contribution in [3.63, 3.8) is 0 Å². The lowest BCUT2D eigenvalue weighted by Crippen LogP contribution is -2.48. The molecule has 0 radical (unpaired) electrons. The van der Waals surface area contributed by atoms with E-state index in [2.05, 4.69) is 5.32 Å². The van der Waals surface area contributed by atoms with Crippen LogP contribution in [0.5, 0.6) is 5.75 Å². The van der Waals surface area contributed by atoms with Crippen molar-refractivity contribution in [1.82, 2.24) is 9.62 Å². The van der Waals surface area contributed by atoms with Gasteiger partial charge in [-0.1, -0.05) is 18.2 Å². The predicted molar refractivity (Wildman–Crippen MR) is 112 cm³/mol. The van der Waals surface area contributed by atoms with Gasteiger partial charge in [0.2, 0.25) is 15.9 Å². The molecule has 156 valence electrons. The maximum Gasteiger partial charge on any atom is 0.243 e. The molecule has 0 saturated carbocycles. The molecule has 0 spiro atoms. The number of nitrogens with one attached hydrogen (secondary N) is 1. The van der Waals surface area contributed by atoms with Gasteiger partial charge in [0, 0.05) is 24.7 Å². The Morgan fingerprint density at radius 1 is 1.21 bits per heavy atom. The van der Waals surface area contributed by atoms with E-state index in [1.54, 1.807) is 54.6 Å². The zero-order valence-corrected chi connectivity index (χ0v) is 17.3. The zero-order valence-electron chi connectivity index (χ0n) is 16.5. The Labute approximate surface area is 171 Å². The SMILES string of the molecule is C[C@H](CCOc1ccc(N)cc1)NC(=O)[C@@H]1CCCN1S(=O)(=O)c1ccccc1. The number of sulfonamides is 1. The number of carbonyl (C=O) groups is 1. The standard InChI is InChI=1S/C21H27N3O4S/c1-16(13-15-28-18-11-9-17(22)10-12-18)23-21(25)20-8-5-14-24(20)29(26,27)19-6-3-2-4-7-19/h2-4,6-7,9-12,16,20H,5,8,13-15,22H2,1H3,(H,23,25)/t16-,20+/m1/s1. The fourth-order valence-corrected chi connectivity index (χ4v) is 5.02. The van der Waals surface area contributed by atoms with Crippen LogP contribution in [0, 0.1) is 0 Å². The Morgan fingerprint density at radius 3 is 2.59 bits per heavy atom. The molecule has 0 unspecified atom stereocenters. The highest BCUT2D eigenvalue weighted by atomic mass is 32.2. The van der Waals surface area contributed by atoms with E-state index in [0.717, 1.165) is 0 Å². The van der Waals surface area contributed by atoms with Crippen molar-refractivity contribution in [2.75, 3.05) is 18.9 Å². The van der Waals surface area contributed by atoms with Crippen LogP contribution in [-0.4, -0.2) is 43.9 Å². The van der Waals surface area contributed by atoms with Gasteiger partial charge >= 0.3 is 0 Å². The highest BCUT2D eigenvalue weighted by Crippen LogP contribution is 2.26. The van der Waals surface area contributed by atoms with Crippen LogP contribution in [0.25, 0.3) is 0 Å². The molecule has 2 aromatic rings. The van der Waals surface area contributed by atoms with E-state index in [-0.39, 0.29) is 16.8 Å². The lowest BCUT2D eigenvalue weighted by molar-refractivity contribution is -0.124. The third-order valence-corrected chi connectivity index (χ3v) is 6.87. The molecule has 3 rings (SSSR count). The van der Waals surface area contributed by atoms with Crippen molar-refractivity contribution >= 4 is 21.6 Å². The topological polar surface area (TPSA) is 102 Å². The first-order chi connectivity index (χ1) is 13.9. The minimum absolute atomic E-state index is 0.141. The number of hydrogen-bond donors (Lipinski definition) is 2. The summed E-state index contributed by atoms with van der Waals surface area (Å²) in [7, 11) is -3.69. The summed E-state index contributed by atoms with van der Waals surface area (Å²) in [6.07, 6.45) is 1.79. The summed E-state index contributed by atoms with van der Waals surface area (Å²) in [5.41, 5.74) is 6.32. The van der Waals surface area contributed by atoms with Gasteiger partial charge in [0.15, 0.2) is 0 Å². The second-order valence-corrected chi connectivity index (χ2v) is 9.09. The van der Waals surface area contributed by atoms with Crippen LogP contribution in [0.2, 0.25) is 0 Å². The van der Waals surface area contributed by atoms with Gasteiger partial charge in [0.05, 0.1) is 11.5 Å². The van der Waals surface area contributed by atoms with E-state index >= 15 is 0 Å². The minimum atomic E-state index is -3.69. The monoisotopic (exact) mass is 417 g/mol. The third-order valence-electron chi connectivity index (χ3n) is 4.94. The number of benzene rings is 2. The second kappa shape index (κ2) is 9.28. The summed E-state index contributed by atoms with van der Waals surface area (Å²) in [5, 5.41) is 2.93. The summed E-state index contributed by atoms with van der Waals surface area (Å²) >= 11 is 0.